The van der Waals surface area contributed by atoms with Gasteiger partial charge in [0.25, 0.3) is 16.0 Å². The Morgan fingerprint density at radius 2 is 1.46 bits per heavy atom. The van der Waals surface area contributed by atoms with E-state index in [1.807, 2.05) is 0 Å². The number of nitrogens with zero attached hydrogens (tertiary/aromatic N) is 1. The first-order valence-electron chi connectivity index (χ1n) is 7.39. The molecular formula is C16H14N4O6S2. The summed E-state index contributed by atoms with van der Waals surface area (Å²) in [4.78, 5) is 11.7. The molecule has 0 atom stereocenters. The number of benzene rings is 2. The van der Waals surface area contributed by atoms with Gasteiger partial charge in [-0.1, -0.05) is 0 Å². The Labute approximate surface area is 161 Å². The Bertz CT molecular complexity index is 1160. The number of carbonyl (C=O) groups excluding carboxylic acids is 1. The predicted octanol–water partition coefficient (Wildman–Crippen LogP) is 1.04. The van der Waals surface area contributed by atoms with Gasteiger partial charge in [-0.25, -0.2) is 13.6 Å². The van der Waals surface area contributed by atoms with E-state index >= 15 is 0 Å². The number of nitriles is 1. The molecule has 28 heavy (non-hydrogen) atoms. The van der Waals surface area contributed by atoms with Crippen molar-refractivity contribution in [3.05, 3.63) is 60.3 Å². The average molecular weight is 422 g/mol. The largest absolute Gasteiger partial charge is 0.360 e. The number of primary sulfonamides is 1. The van der Waals surface area contributed by atoms with Gasteiger partial charge in [-0.05, 0) is 48.5 Å². The maximum atomic E-state index is 12.1. The maximum absolute atomic E-state index is 12.1. The monoisotopic (exact) mass is 422 g/mol. The first-order valence-corrected chi connectivity index (χ1v) is 10.4. The van der Waals surface area contributed by atoms with E-state index in [0.717, 1.165) is 18.3 Å². The summed E-state index contributed by atoms with van der Waals surface area (Å²) in [5.74, 6) is -0.757. The first-order chi connectivity index (χ1) is 13.0. The number of rotatable bonds is 6. The van der Waals surface area contributed by atoms with Crippen LogP contribution in [0, 0.1) is 11.3 Å². The summed E-state index contributed by atoms with van der Waals surface area (Å²) in [5, 5.41) is 19.2. The van der Waals surface area contributed by atoms with Gasteiger partial charge in [-0.2, -0.15) is 13.7 Å². The molecule has 0 bridgehead atoms. The highest BCUT2D eigenvalue weighted by Gasteiger charge is 2.12. The van der Waals surface area contributed by atoms with E-state index in [0.29, 0.717) is 5.69 Å². The molecule has 0 saturated carbocycles. The zero-order valence-corrected chi connectivity index (χ0v) is 15.7. The van der Waals surface area contributed by atoms with E-state index in [-0.39, 0.29) is 21.1 Å². The fourth-order valence-corrected chi connectivity index (χ4v) is 2.95. The Balaban J connectivity index is 2.09. The lowest BCUT2D eigenvalue weighted by atomic mass is 10.2. The van der Waals surface area contributed by atoms with Crippen molar-refractivity contribution < 1.29 is 26.2 Å². The van der Waals surface area contributed by atoms with Crippen molar-refractivity contribution in [3.8, 4) is 6.07 Å². The van der Waals surface area contributed by atoms with Crippen LogP contribution >= 0.6 is 0 Å². The third kappa shape index (κ3) is 5.63. The topological polar surface area (TPSA) is 179 Å². The molecule has 0 radical (unpaired) electrons. The minimum Gasteiger partial charge on any atom is -0.360 e. The molecule has 2 rings (SSSR count). The fraction of sp³-hybridized carbons (Fsp3) is 0. The second-order valence-electron chi connectivity index (χ2n) is 5.34. The van der Waals surface area contributed by atoms with Crippen LogP contribution in [0.2, 0.25) is 0 Å². The summed E-state index contributed by atoms with van der Waals surface area (Å²) in [6.45, 7) is 0. The number of carbonyl (C=O) groups is 1. The van der Waals surface area contributed by atoms with E-state index in [4.69, 9.17) is 15.0 Å². The lowest BCUT2D eigenvalue weighted by molar-refractivity contribution is -0.112. The minimum absolute atomic E-state index is 0.128. The SMILES string of the molecule is N#C/C(=C/Nc1ccc(S(=O)(=O)O)cc1)C(=O)Nc1ccc(S(N)(=O)=O)cc1. The lowest BCUT2D eigenvalue weighted by Gasteiger charge is -2.06. The van der Waals surface area contributed by atoms with Gasteiger partial charge in [-0.3, -0.25) is 9.35 Å². The van der Waals surface area contributed by atoms with Crippen LogP contribution in [0.3, 0.4) is 0 Å². The molecule has 146 valence electrons. The summed E-state index contributed by atoms with van der Waals surface area (Å²) >= 11 is 0. The van der Waals surface area contributed by atoms with Crippen LogP contribution in [0.25, 0.3) is 0 Å². The molecule has 0 aliphatic heterocycles. The zero-order chi connectivity index (χ0) is 20.9. The van der Waals surface area contributed by atoms with Gasteiger partial charge in [0.15, 0.2) is 0 Å². The van der Waals surface area contributed by atoms with E-state index < -0.39 is 26.0 Å². The third-order valence-electron chi connectivity index (χ3n) is 3.34. The number of hydrogen-bond acceptors (Lipinski definition) is 7. The summed E-state index contributed by atoms with van der Waals surface area (Å²) in [6, 6.07) is 11.7. The second kappa shape index (κ2) is 8.19. The predicted molar refractivity (Wildman–Crippen MR) is 100 cm³/mol. The minimum atomic E-state index is -4.32. The molecule has 0 fully saturated rings. The van der Waals surface area contributed by atoms with E-state index in [1.165, 1.54) is 36.4 Å². The van der Waals surface area contributed by atoms with Crippen LogP contribution in [0.4, 0.5) is 11.4 Å². The molecular weight excluding hydrogens is 408 g/mol. The van der Waals surface area contributed by atoms with Crippen LogP contribution in [0.15, 0.2) is 70.1 Å². The van der Waals surface area contributed by atoms with Crippen molar-refractivity contribution in [2.75, 3.05) is 10.6 Å². The standard InChI is InChI=1S/C16H14N4O6S2/c17-9-11(10-19-12-1-7-15(8-2-12)28(24,25)26)16(21)20-13-3-5-14(6-4-13)27(18,22)23/h1-8,10,19H,(H,20,21)(H2,18,22,23)(H,24,25,26)/b11-10-. The van der Waals surface area contributed by atoms with Crippen LogP contribution in [0.1, 0.15) is 0 Å². The molecule has 0 heterocycles. The van der Waals surface area contributed by atoms with Crippen molar-refractivity contribution >= 4 is 37.4 Å². The second-order valence-corrected chi connectivity index (χ2v) is 8.32. The summed E-state index contributed by atoms with van der Waals surface area (Å²) < 4.78 is 53.3. The van der Waals surface area contributed by atoms with Crippen molar-refractivity contribution in [2.24, 2.45) is 5.14 Å². The fourth-order valence-electron chi connectivity index (χ4n) is 1.95. The molecule has 0 saturated heterocycles. The highest BCUT2D eigenvalue weighted by Crippen LogP contribution is 2.15. The average Bonchev–Trinajstić information content (AvgIpc) is 2.61. The molecule has 0 aliphatic rings. The Morgan fingerprint density at radius 1 is 0.964 bits per heavy atom. The summed E-state index contributed by atoms with van der Waals surface area (Å²) in [7, 11) is -8.18. The van der Waals surface area contributed by atoms with Crippen molar-refractivity contribution in [2.45, 2.75) is 9.79 Å². The zero-order valence-electron chi connectivity index (χ0n) is 14.0. The smallest absolute Gasteiger partial charge is 0.294 e. The van der Waals surface area contributed by atoms with E-state index in [2.05, 4.69) is 10.6 Å². The van der Waals surface area contributed by atoms with E-state index in [1.54, 1.807) is 6.07 Å². The summed E-state index contributed by atoms with van der Waals surface area (Å²) in [5.41, 5.74) is 0.316. The molecule has 0 spiro atoms. The number of anilines is 2. The highest BCUT2D eigenvalue weighted by molar-refractivity contribution is 7.89. The maximum Gasteiger partial charge on any atom is 0.294 e. The number of sulfonamides is 1. The number of nitrogens with one attached hydrogen (secondary N) is 2. The number of nitrogens with two attached hydrogens (primary N) is 1. The number of amides is 1. The van der Waals surface area contributed by atoms with Gasteiger partial charge in [0.05, 0.1) is 9.79 Å². The van der Waals surface area contributed by atoms with Gasteiger partial charge >= 0.3 is 0 Å². The summed E-state index contributed by atoms with van der Waals surface area (Å²) in [6.07, 6.45) is 1.11. The van der Waals surface area contributed by atoms with Gasteiger partial charge in [0, 0.05) is 17.6 Å². The van der Waals surface area contributed by atoms with Gasteiger partial charge in [-0.15, -0.1) is 0 Å². The van der Waals surface area contributed by atoms with Crippen molar-refractivity contribution in [1.82, 2.24) is 0 Å². The Kier molecular flexibility index (Phi) is 6.16. The van der Waals surface area contributed by atoms with Crippen molar-refractivity contribution in [3.63, 3.8) is 0 Å². The van der Waals surface area contributed by atoms with Gasteiger partial charge in [0.2, 0.25) is 10.0 Å². The molecule has 0 aromatic heterocycles. The van der Waals surface area contributed by atoms with Crippen LogP contribution in [0.5, 0.6) is 0 Å². The molecule has 0 unspecified atom stereocenters. The molecule has 2 aromatic carbocycles. The molecule has 0 aliphatic carbocycles. The molecule has 1 amide bonds. The highest BCUT2D eigenvalue weighted by atomic mass is 32.2. The normalized spacial score (nSPS) is 12.1. The van der Waals surface area contributed by atoms with Crippen molar-refractivity contribution in [1.29, 1.82) is 5.26 Å². The Morgan fingerprint density at radius 3 is 1.93 bits per heavy atom. The number of hydrogen-bond donors (Lipinski definition) is 4. The van der Waals surface area contributed by atoms with E-state index in [9.17, 15) is 21.6 Å². The van der Waals surface area contributed by atoms with Crippen LogP contribution < -0.4 is 15.8 Å². The first kappa shape index (κ1) is 21.1. The van der Waals surface area contributed by atoms with Gasteiger partial charge < -0.3 is 10.6 Å². The third-order valence-corrected chi connectivity index (χ3v) is 5.14. The van der Waals surface area contributed by atoms with Gasteiger partial charge in [0.1, 0.15) is 11.6 Å². The van der Waals surface area contributed by atoms with Crippen LogP contribution in [-0.4, -0.2) is 27.3 Å². The Hall–Kier alpha value is -3.24. The lowest BCUT2D eigenvalue weighted by Crippen LogP contribution is -2.15. The van der Waals surface area contributed by atoms with Crippen LogP contribution in [-0.2, 0) is 24.9 Å². The molecule has 10 nitrogen and oxygen atoms in total. The molecule has 2 aromatic rings. The molecule has 5 N–H and O–H groups in total. The molecule has 12 heteroatoms. The quantitative estimate of drug-likeness (QED) is 0.303.